The van der Waals surface area contributed by atoms with Gasteiger partial charge in [0.05, 0.1) is 63.3 Å². The number of pyridine rings is 2. The number of nitrogens with one attached hydrogen (secondary N) is 3. The van der Waals surface area contributed by atoms with E-state index in [1.807, 2.05) is 91.0 Å². The van der Waals surface area contributed by atoms with E-state index in [4.69, 9.17) is 18.9 Å². The van der Waals surface area contributed by atoms with Gasteiger partial charge in [0, 0.05) is 66.5 Å². The number of carbonyl (C=O) groups excluding carboxylic acids is 4. The van der Waals surface area contributed by atoms with Crippen LogP contribution in [0, 0.1) is 0 Å². The Morgan fingerprint density at radius 1 is 0.600 bits per heavy atom. The summed E-state index contributed by atoms with van der Waals surface area (Å²) in [5.41, 5.74) is 3.38. The van der Waals surface area contributed by atoms with Gasteiger partial charge in [0.2, 0.25) is 11.8 Å². The van der Waals surface area contributed by atoms with Crippen molar-refractivity contribution >= 4 is 69.3 Å². The Labute approximate surface area is 349 Å². The minimum Gasteiger partial charge on any atom is -0.465 e. The van der Waals surface area contributed by atoms with Crippen molar-refractivity contribution in [1.82, 2.24) is 25.9 Å². The first-order valence-corrected chi connectivity index (χ1v) is 21.1. The summed E-state index contributed by atoms with van der Waals surface area (Å²) in [5, 5.41) is 13.3. The molecule has 310 valence electrons. The molecule has 3 N–H and O–H groups in total. The average molecular weight is 830 g/mol. The second-order valence-corrected chi connectivity index (χ2v) is 15.6. The van der Waals surface area contributed by atoms with Crippen LogP contribution < -0.4 is 31.9 Å². The first-order chi connectivity index (χ1) is 29.4. The summed E-state index contributed by atoms with van der Waals surface area (Å²) in [6.45, 7) is 2.91. The molecule has 0 spiro atoms. The Hall–Kier alpha value is -6.11. The molecule has 14 heteroatoms. The van der Waals surface area contributed by atoms with Crippen LogP contribution in [0.2, 0.25) is 0 Å². The summed E-state index contributed by atoms with van der Waals surface area (Å²) in [5.74, 6) is -1.18. The normalized spacial score (nSPS) is 11.1. The van der Waals surface area contributed by atoms with Gasteiger partial charge < -0.3 is 34.9 Å². The lowest BCUT2D eigenvalue weighted by Gasteiger charge is -2.22. The van der Waals surface area contributed by atoms with Gasteiger partial charge in [-0.05, 0) is 54.4 Å². The molecule has 6 rings (SSSR count). The number of aromatic nitrogens is 2. The number of rotatable bonds is 22. The number of amides is 3. The lowest BCUT2D eigenvalue weighted by molar-refractivity contribution is -0.126. The molecule has 0 saturated heterocycles. The van der Waals surface area contributed by atoms with Crippen LogP contribution in [0.1, 0.15) is 39.1 Å². The summed E-state index contributed by atoms with van der Waals surface area (Å²) >= 11 is 0. The van der Waals surface area contributed by atoms with Crippen LogP contribution >= 0.6 is 7.92 Å². The van der Waals surface area contributed by atoms with Crippen LogP contribution in [0.4, 0.5) is 0 Å². The van der Waals surface area contributed by atoms with Crippen LogP contribution in [0.15, 0.2) is 122 Å². The van der Waals surface area contributed by atoms with Gasteiger partial charge in [-0.3, -0.25) is 24.4 Å². The third-order valence-corrected chi connectivity index (χ3v) is 11.9. The van der Waals surface area contributed by atoms with Crippen LogP contribution in [0.25, 0.3) is 21.8 Å². The quantitative estimate of drug-likeness (QED) is 0.0388. The van der Waals surface area contributed by atoms with Gasteiger partial charge in [-0.2, -0.15) is 0 Å². The molecule has 60 heavy (non-hydrogen) atoms. The molecule has 0 aliphatic heterocycles. The number of fused-ring (bicyclic) bond motifs is 3. The number of benzene rings is 4. The largest absolute Gasteiger partial charge is 0.465 e. The molecule has 13 nitrogen and oxygen atoms in total. The van der Waals surface area contributed by atoms with Crippen molar-refractivity contribution in [1.29, 1.82) is 0 Å². The van der Waals surface area contributed by atoms with Gasteiger partial charge >= 0.3 is 5.97 Å². The molecule has 0 aliphatic carbocycles. The predicted octanol–water partition coefficient (Wildman–Crippen LogP) is 4.32. The zero-order valence-corrected chi connectivity index (χ0v) is 34.3. The Balaban J connectivity index is 0.813. The maximum absolute atomic E-state index is 13.2. The Morgan fingerprint density at radius 3 is 1.88 bits per heavy atom. The van der Waals surface area contributed by atoms with Crippen molar-refractivity contribution in [2.24, 2.45) is 0 Å². The average Bonchev–Trinajstić information content (AvgIpc) is 3.29. The topological polar surface area (TPSA) is 167 Å². The molecule has 0 radical (unpaired) electrons. The lowest BCUT2D eigenvalue weighted by atomic mass is 10.1. The lowest BCUT2D eigenvalue weighted by Crippen LogP contribution is -2.30. The highest BCUT2D eigenvalue weighted by molar-refractivity contribution is 7.80. The molecule has 0 unspecified atom stereocenters. The molecule has 2 aromatic heterocycles. The molecule has 2 heterocycles. The molecular weight excluding hydrogens is 782 g/mol. The van der Waals surface area contributed by atoms with Crippen molar-refractivity contribution in [3.8, 4) is 0 Å². The van der Waals surface area contributed by atoms with Gasteiger partial charge in [-0.15, -0.1) is 0 Å². The Morgan fingerprint density at radius 2 is 1.22 bits per heavy atom. The Bertz CT molecular complexity index is 2330. The molecule has 4 aromatic carbocycles. The first kappa shape index (κ1) is 43.5. The summed E-state index contributed by atoms with van der Waals surface area (Å²) in [6.07, 6.45) is 3.59. The number of esters is 1. The zero-order chi connectivity index (χ0) is 41.9. The third kappa shape index (κ3) is 12.2. The maximum Gasteiger partial charge on any atom is 0.338 e. The van der Waals surface area contributed by atoms with E-state index < -0.39 is 13.9 Å². The number of ether oxygens (including phenoxy) is 4. The van der Waals surface area contributed by atoms with Gasteiger partial charge in [0.25, 0.3) is 5.91 Å². The highest BCUT2D eigenvalue weighted by Crippen LogP contribution is 2.35. The van der Waals surface area contributed by atoms with Crippen LogP contribution in [0.3, 0.4) is 0 Å². The van der Waals surface area contributed by atoms with Crippen molar-refractivity contribution < 1.29 is 38.1 Å². The Kier molecular flexibility index (Phi) is 16.6. The van der Waals surface area contributed by atoms with E-state index in [1.54, 1.807) is 30.6 Å². The summed E-state index contributed by atoms with van der Waals surface area (Å²) in [6, 6.07) is 34.7. The van der Waals surface area contributed by atoms with Crippen LogP contribution in [-0.4, -0.2) is 93.5 Å². The summed E-state index contributed by atoms with van der Waals surface area (Å²) < 4.78 is 21.8. The number of methoxy groups -OCH3 is 1. The minimum atomic E-state index is -1.16. The molecule has 6 aromatic rings. The standard InChI is InChI=1S/C46H48N5O8P/c1-56-46(55)39-17-15-34(31-40(39)60(36-10-4-2-5-11-36)37-12-6-3-7-13-37)45(54)50-24-26-58-28-30-59-29-27-57-25-23-47-41(52)18-19-42(53)51-32-35-20-22-49-44-38(35)16-14-33-9-8-21-48-43(33)44/h2-17,20-22,31H,18-19,23-30,32H2,1H3,(H,47,52)(H,50,54)(H,51,53). The van der Waals surface area contributed by atoms with Crippen molar-refractivity contribution in [3.63, 3.8) is 0 Å². The predicted molar refractivity (Wildman–Crippen MR) is 232 cm³/mol. The fraction of sp³-hybridized carbons (Fsp3) is 0.261. The highest BCUT2D eigenvalue weighted by atomic mass is 31.1. The van der Waals surface area contributed by atoms with Crippen LogP contribution in [0.5, 0.6) is 0 Å². The van der Waals surface area contributed by atoms with Gasteiger partial charge in [0.1, 0.15) is 0 Å². The molecule has 0 fully saturated rings. The molecule has 0 aliphatic rings. The van der Waals surface area contributed by atoms with Crippen molar-refractivity contribution in [3.05, 3.63) is 138 Å². The zero-order valence-electron chi connectivity index (χ0n) is 33.4. The fourth-order valence-electron chi connectivity index (χ4n) is 6.43. The fourth-order valence-corrected chi connectivity index (χ4v) is 8.90. The van der Waals surface area contributed by atoms with E-state index >= 15 is 0 Å². The number of hydrogen-bond donors (Lipinski definition) is 3. The van der Waals surface area contributed by atoms with Crippen LogP contribution in [-0.2, 0) is 35.1 Å². The summed E-state index contributed by atoms with van der Waals surface area (Å²) in [7, 11) is 0.194. The molecule has 0 saturated carbocycles. The van der Waals surface area contributed by atoms with Gasteiger partial charge in [0.15, 0.2) is 0 Å². The van der Waals surface area contributed by atoms with E-state index in [9.17, 15) is 19.2 Å². The molecule has 3 amide bonds. The summed E-state index contributed by atoms with van der Waals surface area (Å²) in [4.78, 5) is 59.7. The smallest absolute Gasteiger partial charge is 0.338 e. The van der Waals surface area contributed by atoms with E-state index in [1.165, 1.54) is 7.11 Å². The monoisotopic (exact) mass is 829 g/mol. The van der Waals surface area contributed by atoms with E-state index in [0.717, 1.165) is 43.3 Å². The second kappa shape index (κ2) is 22.9. The molecule has 0 bridgehead atoms. The van der Waals surface area contributed by atoms with Gasteiger partial charge in [-0.1, -0.05) is 78.9 Å². The van der Waals surface area contributed by atoms with Crippen molar-refractivity contribution in [2.75, 3.05) is 59.8 Å². The third-order valence-electron chi connectivity index (χ3n) is 9.41. The van der Waals surface area contributed by atoms with Crippen molar-refractivity contribution in [2.45, 2.75) is 19.4 Å². The number of hydrogen-bond acceptors (Lipinski definition) is 10. The number of nitrogens with zero attached hydrogens (tertiary/aromatic N) is 2. The maximum atomic E-state index is 13.2. The molecular formula is C46H48N5O8P. The highest BCUT2D eigenvalue weighted by Gasteiger charge is 2.24. The van der Waals surface area contributed by atoms with E-state index in [0.29, 0.717) is 57.3 Å². The van der Waals surface area contributed by atoms with Gasteiger partial charge in [-0.25, -0.2) is 4.79 Å². The van der Waals surface area contributed by atoms with E-state index in [2.05, 4.69) is 25.9 Å². The number of carbonyl (C=O) groups is 4. The molecule has 0 atom stereocenters. The van der Waals surface area contributed by atoms with E-state index in [-0.39, 0.29) is 43.7 Å². The first-order valence-electron chi connectivity index (χ1n) is 19.7. The minimum absolute atomic E-state index is 0.0694. The SMILES string of the molecule is COC(=O)c1ccc(C(=O)NCCOCCOCCOCCNC(=O)CCC(=O)NCc2ccnc3c2ccc2cccnc23)cc1P(c1ccccc1)c1ccccc1. The second-order valence-electron chi connectivity index (χ2n) is 13.5.